The van der Waals surface area contributed by atoms with Crippen LogP contribution in [0.2, 0.25) is 0 Å². The first-order valence-corrected chi connectivity index (χ1v) is 8.75. The Morgan fingerprint density at radius 1 is 1.32 bits per heavy atom. The number of halogens is 1. The monoisotopic (exact) mass is 346 g/mol. The van der Waals surface area contributed by atoms with E-state index in [-0.39, 0.29) is 17.8 Å². The number of aryl methyl sites for hydroxylation is 1. The summed E-state index contributed by atoms with van der Waals surface area (Å²) in [6.45, 7) is 1.33. The molecule has 134 valence electrons. The molecule has 0 saturated carbocycles. The van der Waals surface area contributed by atoms with Crippen LogP contribution in [0.15, 0.2) is 28.8 Å². The second-order valence-electron chi connectivity index (χ2n) is 6.34. The molecule has 1 unspecified atom stereocenters. The third-order valence-electron chi connectivity index (χ3n) is 4.57. The van der Waals surface area contributed by atoms with Crippen molar-refractivity contribution in [3.63, 3.8) is 0 Å². The molecule has 1 aliphatic rings. The molecule has 25 heavy (non-hydrogen) atoms. The Morgan fingerprint density at radius 2 is 2.12 bits per heavy atom. The van der Waals surface area contributed by atoms with E-state index in [1.54, 1.807) is 12.1 Å². The largest absolute Gasteiger partial charge is 0.339 e. The summed E-state index contributed by atoms with van der Waals surface area (Å²) in [7, 11) is 0. The van der Waals surface area contributed by atoms with Crippen LogP contribution >= 0.6 is 0 Å². The number of carbonyl (C=O) groups excluding carboxylic acids is 1. The highest BCUT2D eigenvalue weighted by molar-refractivity contribution is 5.76. The van der Waals surface area contributed by atoms with Crippen molar-refractivity contribution in [3.05, 3.63) is 36.0 Å². The summed E-state index contributed by atoms with van der Waals surface area (Å²) < 4.78 is 18.2. The molecule has 2 aromatic rings. The molecule has 2 N–H and O–H groups in total. The van der Waals surface area contributed by atoms with E-state index in [4.69, 9.17) is 10.3 Å². The van der Waals surface area contributed by atoms with Gasteiger partial charge < -0.3 is 15.2 Å². The zero-order valence-electron chi connectivity index (χ0n) is 14.2. The SMILES string of the molecule is NCC1CCCCN1C(=O)CCCc1nc(-c2ccc(F)cc2)no1. The molecule has 1 amide bonds. The van der Waals surface area contributed by atoms with E-state index in [9.17, 15) is 9.18 Å². The maximum Gasteiger partial charge on any atom is 0.226 e. The smallest absolute Gasteiger partial charge is 0.226 e. The van der Waals surface area contributed by atoms with Crippen molar-refractivity contribution in [3.8, 4) is 11.4 Å². The molecular weight excluding hydrogens is 323 g/mol. The van der Waals surface area contributed by atoms with Crippen molar-refractivity contribution in [1.29, 1.82) is 0 Å². The maximum atomic E-state index is 12.9. The van der Waals surface area contributed by atoms with E-state index in [1.807, 2.05) is 4.90 Å². The second-order valence-corrected chi connectivity index (χ2v) is 6.34. The van der Waals surface area contributed by atoms with E-state index in [1.165, 1.54) is 12.1 Å². The second kappa shape index (κ2) is 8.20. The summed E-state index contributed by atoms with van der Waals surface area (Å²) in [6, 6.07) is 6.11. The van der Waals surface area contributed by atoms with E-state index in [0.29, 0.717) is 43.1 Å². The van der Waals surface area contributed by atoms with Crippen LogP contribution in [0.4, 0.5) is 4.39 Å². The number of aromatic nitrogens is 2. The normalized spacial score (nSPS) is 17.7. The molecule has 1 aromatic carbocycles. The van der Waals surface area contributed by atoms with Gasteiger partial charge in [-0.05, 0) is 49.9 Å². The van der Waals surface area contributed by atoms with Gasteiger partial charge in [0.1, 0.15) is 5.82 Å². The van der Waals surface area contributed by atoms with Gasteiger partial charge in [-0.15, -0.1) is 0 Å². The quantitative estimate of drug-likeness (QED) is 0.869. The van der Waals surface area contributed by atoms with Crippen LogP contribution < -0.4 is 5.73 Å². The van der Waals surface area contributed by atoms with Crippen LogP contribution in [-0.2, 0) is 11.2 Å². The van der Waals surface area contributed by atoms with Gasteiger partial charge in [-0.2, -0.15) is 4.98 Å². The Morgan fingerprint density at radius 3 is 2.88 bits per heavy atom. The van der Waals surface area contributed by atoms with Crippen molar-refractivity contribution in [2.75, 3.05) is 13.1 Å². The van der Waals surface area contributed by atoms with Gasteiger partial charge in [0.25, 0.3) is 0 Å². The predicted octanol–water partition coefficient (Wildman–Crippen LogP) is 2.54. The first-order chi connectivity index (χ1) is 12.2. The first kappa shape index (κ1) is 17.5. The molecule has 3 rings (SSSR count). The number of carbonyl (C=O) groups is 1. The fourth-order valence-corrected chi connectivity index (χ4v) is 3.18. The highest BCUT2D eigenvalue weighted by atomic mass is 19.1. The number of likely N-dealkylation sites (tertiary alicyclic amines) is 1. The van der Waals surface area contributed by atoms with Crippen molar-refractivity contribution in [2.24, 2.45) is 5.73 Å². The van der Waals surface area contributed by atoms with E-state index < -0.39 is 0 Å². The number of rotatable bonds is 6. The molecule has 1 saturated heterocycles. The Labute approximate surface area is 146 Å². The molecule has 0 spiro atoms. The van der Waals surface area contributed by atoms with Crippen molar-refractivity contribution >= 4 is 5.91 Å². The number of benzene rings is 1. The molecular formula is C18H23FN4O2. The minimum absolute atomic E-state index is 0.147. The topological polar surface area (TPSA) is 85.2 Å². The molecule has 1 atom stereocenters. The summed E-state index contributed by atoms with van der Waals surface area (Å²) in [5.41, 5.74) is 6.47. The fraction of sp³-hybridized carbons (Fsp3) is 0.500. The standard InChI is InChI=1S/C18H23FN4O2/c19-14-9-7-13(8-10-14)18-21-16(25-22-18)5-3-6-17(24)23-11-2-1-4-15(23)12-20/h7-10,15H,1-6,11-12,20H2. The van der Waals surface area contributed by atoms with E-state index in [0.717, 1.165) is 25.8 Å². The van der Waals surface area contributed by atoms with Gasteiger partial charge in [-0.25, -0.2) is 4.39 Å². The molecule has 1 aliphatic heterocycles. The maximum absolute atomic E-state index is 12.9. The minimum atomic E-state index is -0.306. The molecule has 0 bridgehead atoms. The van der Waals surface area contributed by atoms with Crippen molar-refractivity contribution < 1.29 is 13.7 Å². The summed E-state index contributed by atoms with van der Waals surface area (Å²) in [6.07, 6.45) is 4.82. The predicted molar refractivity (Wildman–Crippen MR) is 91.0 cm³/mol. The highest BCUT2D eigenvalue weighted by Gasteiger charge is 2.25. The molecule has 6 nitrogen and oxygen atoms in total. The minimum Gasteiger partial charge on any atom is -0.339 e. The highest BCUT2D eigenvalue weighted by Crippen LogP contribution is 2.19. The Bertz CT molecular complexity index is 701. The van der Waals surface area contributed by atoms with E-state index in [2.05, 4.69) is 10.1 Å². The molecule has 7 heteroatoms. The van der Waals surface area contributed by atoms with Gasteiger partial charge in [0.2, 0.25) is 17.6 Å². The van der Waals surface area contributed by atoms with Crippen LogP contribution in [0, 0.1) is 5.82 Å². The van der Waals surface area contributed by atoms with Gasteiger partial charge in [-0.3, -0.25) is 4.79 Å². The van der Waals surface area contributed by atoms with Gasteiger partial charge in [-0.1, -0.05) is 5.16 Å². The van der Waals surface area contributed by atoms with Crippen molar-refractivity contribution in [1.82, 2.24) is 15.0 Å². The summed E-state index contributed by atoms with van der Waals surface area (Å²) in [4.78, 5) is 18.6. The van der Waals surface area contributed by atoms with Gasteiger partial charge in [0.05, 0.1) is 0 Å². The summed E-state index contributed by atoms with van der Waals surface area (Å²) in [5.74, 6) is 0.759. The lowest BCUT2D eigenvalue weighted by atomic mass is 10.0. The molecule has 0 aliphatic carbocycles. The van der Waals surface area contributed by atoms with Crippen LogP contribution in [0.1, 0.15) is 38.0 Å². The third kappa shape index (κ3) is 4.42. The van der Waals surface area contributed by atoms with Gasteiger partial charge in [0, 0.05) is 37.5 Å². The molecule has 1 aromatic heterocycles. The average molecular weight is 346 g/mol. The average Bonchev–Trinajstić information content (AvgIpc) is 3.11. The first-order valence-electron chi connectivity index (χ1n) is 8.75. The molecule has 0 radical (unpaired) electrons. The van der Waals surface area contributed by atoms with Gasteiger partial charge >= 0.3 is 0 Å². The lowest BCUT2D eigenvalue weighted by molar-refractivity contribution is -0.134. The third-order valence-corrected chi connectivity index (χ3v) is 4.57. The Kier molecular flexibility index (Phi) is 5.75. The van der Waals surface area contributed by atoms with Crippen LogP contribution in [0.5, 0.6) is 0 Å². The zero-order valence-corrected chi connectivity index (χ0v) is 14.2. The van der Waals surface area contributed by atoms with Crippen molar-refractivity contribution in [2.45, 2.75) is 44.6 Å². The molecule has 2 heterocycles. The number of piperidine rings is 1. The number of amides is 1. The molecule has 1 fully saturated rings. The van der Waals surface area contributed by atoms with E-state index >= 15 is 0 Å². The van der Waals surface area contributed by atoms with Crippen LogP contribution in [-0.4, -0.2) is 40.1 Å². The zero-order chi connectivity index (χ0) is 17.6. The Hall–Kier alpha value is -2.28. The van der Waals surface area contributed by atoms with Crippen LogP contribution in [0.25, 0.3) is 11.4 Å². The Balaban J connectivity index is 1.50. The lowest BCUT2D eigenvalue weighted by Gasteiger charge is -2.35. The van der Waals surface area contributed by atoms with Gasteiger partial charge in [0.15, 0.2) is 0 Å². The number of nitrogens with two attached hydrogens (primary N) is 1. The number of hydrogen-bond acceptors (Lipinski definition) is 5. The summed E-state index contributed by atoms with van der Waals surface area (Å²) in [5, 5.41) is 3.91. The number of hydrogen-bond donors (Lipinski definition) is 1. The fourth-order valence-electron chi connectivity index (χ4n) is 3.18. The van der Waals surface area contributed by atoms with Crippen LogP contribution in [0.3, 0.4) is 0 Å². The summed E-state index contributed by atoms with van der Waals surface area (Å²) >= 11 is 0. The number of nitrogens with zero attached hydrogens (tertiary/aromatic N) is 3. The lowest BCUT2D eigenvalue weighted by Crippen LogP contribution is -2.47.